The summed E-state index contributed by atoms with van der Waals surface area (Å²) in [5.74, 6) is -0.198. The Bertz CT molecular complexity index is 571. The Morgan fingerprint density at radius 1 is 1.25 bits per heavy atom. The number of rotatable bonds is 6. The largest absolute Gasteiger partial charge is 0.342 e. The number of amides is 1. The first kappa shape index (κ1) is 17.1. The molecule has 0 fully saturated rings. The van der Waals surface area contributed by atoms with Gasteiger partial charge in [0.1, 0.15) is 0 Å². The number of halogens is 1. The smallest absolute Gasteiger partial charge is 0.243 e. The highest BCUT2D eigenvalue weighted by molar-refractivity contribution is 9.10. The lowest BCUT2D eigenvalue weighted by molar-refractivity contribution is -0.130. The van der Waals surface area contributed by atoms with Gasteiger partial charge in [0.2, 0.25) is 15.9 Å². The molecular weight excluding hydrogens is 344 g/mol. The molecular formula is C13H19BrN2O3S. The fraction of sp³-hybridized carbons (Fsp3) is 0.462. The van der Waals surface area contributed by atoms with Gasteiger partial charge < -0.3 is 4.90 Å². The summed E-state index contributed by atoms with van der Waals surface area (Å²) >= 11 is 3.24. The highest BCUT2D eigenvalue weighted by atomic mass is 79.9. The number of carbonyl (C=O) groups excluding carboxylic acids is 1. The summed E-state index contributed by atoms with van der Waals surface area (Å²) in [6.45, 7) is 4.71. The molecule has 0 saturated heterocycles. The molecule has 5 nitrogen and oxygen atoms in total. The van der Waals surface area contributed by atoms with E-state index in [0.29, 0.717) is 17.6 Å². The molecule has 1 amide bonds. The number of likely N-dealkylation sites (N-methyl/N-ethyl adjacent to an activating group) is 2. The van der Waals surface area contributed by atoms with Crippen molar-refractivity contribution in [2.75, 3.05) is 26.7 Å². The zero-order valence-corrected chi connectivity index (χ0v) is 14.2. The molecule has 1 aromatic rings. The first-order valence-corrected chi connectivity index (χ1v) is 8.55. The molecule has 0 spiro atoms. The molecule has 1 aromatic carbocycles. The maximum absolute atomic E-state index is 12.4. The molecule has 0 aliphatic heterocycles. The average molecular weight is 363 g/mol. The van der Waals surface area contributed by atoms with Crippen molar-refractivity contribution in [1.29, 1.82) is 0 Å². The topological polar surface area (TPSA) is 57.7 Å². The molecule has 0 saturated carbocycles. The van der Waals surface area contributed by atoms with E-state index in [4.69, 9.17) is 0 Å². The van der Waals surface area contributed by atoms with Gasteiger partial charge in [0.05, 0.1) is 11.4 Å². The molecule has 0 bridgehead atoms. The third kappa shape index (κ3) is 4.04. The van der Waals surface area contributed by atoms with E-state index in [1.807, 2.05) is 13.8 Å². The van der Waals surface area contributed by atoms with Crippen molar-refractivity contribution in [3.05, 3.63) is 28.7 Å². The van der Waals surface area contributed by atoms with Gasteiger partial charge in [0.15, 0.2) is 0 Å². The summed E-state index contributed by atoms with van der Waals surface area (Å²) in [7, 11) is -2.24. The predicted octanol–water partition coefficient (Wildman–Crippen LogP) is 1.94. The number of nitrogens with zero attached hydrogens (tertiary/aromatic N) is 2. The van der Waals surface area contributed by atoms with Crippen molar-refractivity contribution in [3.63, 3.8) is 0 Å². The fourth-order valence-corrected chi connectivity index (χ4v) is 3.48. The van der Waals surface area contributed by atoms with Crippen LogP contribution in [0, 0.1) is 0 Å². The number of sulfonamides is 1. The van der Waals surface area contributed by atoms with Crippen LogP contribution in [0.4, 0.5) is 0 Å². The van der Waals surface area contributed by atoms with E-state index in [9.17, 15) is 13.2 Å². The molecule has 7 heteroatoms. The normalized spacial score (nSPS) is 11.7. The third-order valence-electron chi connectivity index (χ3n) is 2.98. The molecule has 0 aliphatic carbocycles. The van der Waals surface area contributed by atoms with Crippen LogP contribution in [0.15, 0.2) is 33.6 Å². The Labute approximate surface area is 128 Å². The Balaban J connectivity index is 2.91. The lowest BCUT2D eigenvalue weighted by atomic mass is 10.4. The van der Waals surface area contributed by atoms with Crippen molar-refractivity contribution in [1.82, 2.24) is 9.21 Å². The molecule has 0 heterocycles. The second kappa shape index (κ2) is 7.19. The van der Waals surface area contributed by atoms with Crippen molar-refractivity contribution in [2.45, 2.75) is 18.7 Å². The quantitative estimate of drug-likeness (QED) is 0.776. The Morgan fingerprint density at radius 2 is 1.85 bits per heavy atom. The van der Waals surface area contributed by atoms with E-state index < -0.39 is 10.0 Å². The summed E-state index contributed by atoms with van der Waals surface area (Å²) in [5.41, 5.74) is 0. The monoisotopic (exact) mass is 362 g/mol. The molecule has 0 unspecified atom stereocenters. The van der Waals surface area contributed by atoms with Crippen LogP contribution in [0.5, 0.6) is 0 Å². The van der Waals surface area contributed by atoms with Gasteiger partial charge in [-0.2, -0.15) is 4.31 Å². The van der Waals surface area contributed by atoms with Gasteiger partial charge in [-0.3, -0.25) is 4.79 Å². The van der Waals surface area contributed by atoms with Crippen LogP contribution in [0.1, 0.15) is 13.8 Å². The highest BCUT2D eigenvalue weighted by Crippen LogP contribution is 2.19. The SMILES string of the molecule is CCN(CC)C(=O)CN(C)S(=O)(=O)c1cccc(Br)c1. The predicted molar refractivity (Wildman–Crippen MR) is 81.9 cm³/mol. The summed E-state index contributed by atoms with van der Waals surface area (Å²) in [5, 5.41) is 0. The minimum atomic E-state index is -3.65. The van der Waals surface area contributed by atoms with Crippen molar-refractivity contribution in [3.8, 4) is 0 Å². The van der Waals surface area contributed by atoms with Crippen LogP contribution in [0.25, 0.3) is 0 Å². The Hall–Kier alpha value is -0.920. The van der Waals surface area contributed by atoms with Gasteiger partial charge >= 0.3 is 0 Å². The Morgan fingerprint density at radius 3 is 2.35 bits per heavy atom. The molecule has 112 valence electrons. The number of hydrogen-bond donors (Lipinski definition) is 0. The second-order valence-electron chi connectivity index (χ2n) is 4.28. The molecule has 0 aromatic heterocycles. The average Bonchev–Trinajstić information content (AvgIpc) is 2.40. The van der Waals surface area contributed by atoms with E-state index >= 15 is 0 Å². The maximum Gasteiger partial charge on any atom is 0.243 e. The van der Waals surface area contributed by atoms with Crippen LogP contribution in [-0.4, -0.2) is 50.2 Å². The molecule has 20 heavy (non-hydrogen) atoms. The Kier molecular flexibility index (Phi) is 6.16. The molecule has 0 atom stereocenters. The molecule has 0 N–H and O–H groups in total. The van der Waals surface area contributed by atoms with Crippen LogP contribution in [-0.2, 0) is 14.8 Å². The molecule has 0 radical (unpaired) electrons. The zero-order valence-electron chi connectivity index (χ0n) is 11.8. The van der Waals surface area contributed by atoms with Crippen LogP contribution in [0.3, 0.4) is 0 Å². The fourth-order valence-electron chi connectivity index (χ4n) is 1.76. The minimum absolute atomic E-state index is 0.156. The van der Waals surface area contributed by atoms with Gasteiger partial charge in [-0.25, -0.2) is 8.42 Å². The minimum Gasteiger partial charge on any atom is -0.342 e. The van der Waals surface area contributed by atoms with E-state index in [2.05, 4.69) is 15.9 Å². The van der Waals surface area contributed by atoms with Gasteiger partial charge in [-0.15, -0.1) is 0 Å². The summed E-state index contributed by atoms with van der Waals surface area (Å²) in [6.07, 6.45) is 0. The van der Waals surface area contributed by atoms with Gasteiger partial charge in [0.25, 0.3) is 0 Å². The van der Waals surface area contributed by atoms with Crippen LogP contribution >= 0.6 is 15.9 Å². The molecule has 0 aliphatic rings. The van der Waals surface area contributed by atoms with E-state index in [0.717, 1.165) is 4.31 Å². The first-order chi connectivity index (χ1) is 9.32. The second-order valence-corrected chi connectivity index (χ2v) is 7.25. The van der Waals surface area contributed by atoms with E-state index in [1.54, 1.807) is 17.0 Å². The van der Waals surface area contributed by atoms with Crippen molar-refractivity contribution >= 4 is 31.9 Å². The van der Waals surface area contributed by atoms with Crippen LogP contribution in [0.2, 0.25) is 0 Å². The lowest BCUT2D eigenvalue weighted by Gasteiger charge is -2.23. The standard InChI is InChI=1S/C13H19BrN2O3S/c1-4-16(5-2)13(17)10-15(3)20(18,19)12-8-6-7-11(14)9-12/h6-9H,4-5,10H2,1-3H3. The molecule has 1 rings (SSSR count). The zero-order chi connectivity index (χ0) is 15.3. The number of hydrogen-bond acceptors (Lipinski definition) is 3. The van der Waals surface area contributed by atoms with Crippen molar-refractivity contribution in [2.24, 2.45) is 0 Å². The first-order valence-electron chi connectivity index (χ1n) is 6.32. The van der Waals surface area contributed by atoms with Gasteiger partial charge in [0, 0.05) is 24.6 Å². The lowest BCUT2D eigenvalue weighted by Crippen LogP contribution is -2.40. The van der Waals surface area contributed by atoms with E-state index in [-0.39, 0.29) is 17.3 Å². The highest BCUT2D eigenvalue weighted by Gasteiger charge is 2.24. The van der Waals surface area contributed by atoms with E-state index in [1.165, 1.54) is 19.2 Å². The maximum atomic E-state index is 12.4. The third-order valence-corrected chi connectivity index (χ3v) is 5.27. The summed E-state index contributed by atoms with van der Waals surface area (Å²) < 4.78 is 26.5. The van der Waals surface area contributed by atoms with Gasteiger partial charge in [-0.05, 0) is 32.0 Å². The van der Waals surface area contributed by atoms with Crippen molar-refractivity contribution < 1.29 is 13.2 Å². The summed E-state index contributed by atoms with van der Waals surface area (Å²) in [4.78, 5) is 13.7. The van der Waals surface area contributed by atoms with Gasteiger partial charge in [-0.1, -0.05) is 22.0 Å². The van der Waals surface area contributed by atoms with Crippen LogP contribution < -0.4 is 0 Å². The summed E-state index contributed by atoms with van der Waals surface area (Å²) in [6, 6.07) is 6.43. The number of carbonyl (C=O) groups is 1. The number of benzene rings is 1.